The van der Waals surface area contributed by atoms with Crippen molar-refractivity contribution in [2.24, 2.45) is 28.1 Å². The summed E-state index contributed by atoms with van der Waals surface area (Å²) < 4.78 is 24.9. The van der Waals surface area contributed by atoms with Gasteiger partial charge < -0.3 is 20.6 Å². The molecule has 5 atom stereocenters. The van der Waals surface area contributed by atoms with E-state index in [0.29, 0.717) is 6.54 Å². The molecule has 3 amide bonds. The van der Waals surface area contributed by atoms with Gasteiger partial charge in [0.2, 0.25) is 15.9 Å². The molecule has 0 radical (unpaired) electrons. The van der Waals surface area contributed by atoms with E-state index in [0.717, 1.165) is 6.26 Å². The van der Waals surface area contributed by atoms with E-state index in [-0.39, 0.29) is 23.8 Å². The van der Waals surface area contributed by atoms with Crippen LogP contribution in [-0.2, 0) is 19.6 Å². The van der Waals surface area contributed by atoms with E-state index in [1.807, 2.05) is 55.4 Å². The van der Waals surface area contributed by atoms with E-state index < -0.39 is 56.9 Å². The first-order valence-electron chi connectivity index (χ1n) is 11.6. The first-order valence-corrected chi connectivity index (χ1v) is 13.5. The topological polar surface area (TPSA) is 136 Å². The molecule has 34 heavy (non-hydrogen) atoms. The first-order chi connectivity index (χ1) is 15.1. The second-order valence-electron chi connectivity index (χ2n) is 12.6. The number of carboxylic acids is 1. The highest BCUT2D eigenvalue weighted by molar-refractivity contribution is 7.88. The fraction of sp³-hybridized carbons (Fsp3) is 0.870. The van der Waals surface area contributed by atoms with Crippen molar-refractivity contribution >= 4 is 27.9 Å². The lowest BCUT2D eigenvalue weighted by Gasteiger charge is -2.38. The summed E-state index contributed by atoms with van der Waals surface area (Å²) in [5, 5.41) is 15.4. The fourth-order valence-electron chi connectivity index (χ4n) is 4.87. The average Bonchev–Trinajstić information content (AvgIpc) is 2.99. The molecule has 10 nitrogen and oxygen atoms in total. The number of aliphatic carboxylic acids is 1. The van der Waals surface area contributed by atoms with Crippen LogP contribution < -0.4 is 10.6 Å². The molecule has 2 unspecified atom stereocenters. The number of carboxylic acid groups (broad SMARTS) is 1. The molecule has 0 aromatic rings. The highest BCUT2D eigenvalue weighted by atomic mass is 32.2. The molecule has 1 heterocycles. The minimum atomic E-state index is -3.44. The van der Waals surface area contributed by atoms with Gasteiger partial charge in [-0.1, -0.05) is 55.4 Å². The van der Waals surface area contributed by atoms with Crippen LogP contribution in [0.4, 0.5) is 4.79 Å². The second kappa shape index (κ2) is 8.96. The predicted molar refractivity (Wildman–Crippen MR) is 130 cm³/mol. The average molecular weight is 503 g/mol. The Hall–Kier alpha value is -1.88. The lowest BCUT2D eigenvalue weighted by atomic mass is 9.85. The molecule has 0 bridgehead atoms. The number of sulfonamides is 1. The molecule has 0 aromatic carbocycles. The smallest absolute Gasteiger partial charge is 0.326 e. The molecular weight excluding hydrogens is 460 g/mol. The molecule has 1 aliphatic heterocycles. The Kier molecular flexibility index (Phi) is 7.48. The molecule has 2 rings (SSSR count). The SMILES string of the molecule is CN(C[C@@H](NC(=O)N[C@H](C(=O)N1CC2C([C@H]1C(=O)O)C2(C)C)C(C)(C)C)C(C)(C)C)S(C)(=O)=O. The number of carbonyl (C=O) groups is 3. The highest BCUT2D eigenvalue weighted by Crippen LogP contribution is 2.65. The molecule has 11 heteroatoms. The minimum absolute atomic E-state index is 0.0650. The zero-order valence-electron chi connectivity index (χ0n) is 22.1. The van der Waals surface area contributed by atoms with Gasteiger partial charge in [0.05, 0.1) is 6.26 Å². The molecule has 1 saturated carbocycles. The van der Waals surface area contributed by atoms with Crippen LogP contribution in [0.1, 0.15) is 55.4 Å². The van der Waals surface area contributed by atoms with E-state index in [1.165, 1.54) is 16.3 Å². The molecule has 2 fully saturated rings. The van der Waals surface area contributed by atoms with E-state index in [9.17, 15) is 27.9 Å². The van der Waals surface area contributed by atoms with Crippen molar-refractivity contribution in [3.8, 4) is 0 Å². The maximum absolute atomic E-state index is 13.5. The second-order valence-corrected chi connectivity index (χ2v) is 14.7. The molecule has 3 N–H and O–H groups in total. The Morgan fingerprint density at radius 1 is 1.09 bits per heavy atom. The van der Waals surface area contributed by atoms with Gasteiger partial charge in [-0.3, -0.25) is 4.79 Å². The summed E-state index contributed by atoms with van der Waals surface area (Å²) >= 11 is 0. The van der Waals surface area contributed by atoms with Crippen LogP contribution in [-0.4, -0.2) is 85.2 Å². The number of urea groups is 1. The van der Waals surface area contributed by atoms with Crippen molar-refractivity contribution in [1.82, 2.24) is 19.8 Å². The number of fused-ring (bicyclic) bond motifs is 1. The number of amides is 3. The molecule has 2 aliphatic rings. The lowest BCUT2D eigenvalue weighted by Crippen LogP contribution is -2.61. The monoisotopic (exact) mass is 502 g/mol. The normalized spacial score (nSPS) is 26.0. The largest absolute Gasteiger partial charge is 0.480 e. The summed E-state index contributed by atoms with van der Waals surface area (Å²) in [7, 11) is -2.00. The Balaban J connectivity index is 2.21. The van der Waals surface area contributed by atoms with Crippen LogP contribution in [0.2, 0.25) is 0 Å². The number of nitrogens with one attached hydrogen (secondary N) is 2. The van der Waals surface area contributed by atoms with Gasteiger partial charge in [0, 0.05) is 32.1 Å². The van der Waals surface area contributed by atoms with Crippen LogP contribution in [0.3, 0.4) is 0 Å². The van der Waals surface area contributed by atoms with Crippen molar-refractivity contribution in [2.45, 2.75) is 73.5 Å². The predicted octanol–water partition coefficient (Wildman–Crippen LogP) is 1.57. The molecule has 0 spiro atoms. The van der Waals surface area contributed by atoms with Crippen molar-refractivity contribution in [3.05, 3.63) is 0 Å². The number of hydrogen-bond acceptors (Lipinski definition) is 5. The summed E-state index contributed by atoms with van der Waals surface area (Å²) in [6.07, 6.45) is 1.10. The van der Waals surface area contributed by atoms with E-state index >= 15 is 0 Å². The van der Waals surface area contributed by atoms with Crippen LogP contribution in [0.25, 0.3) is 0 Å². The van der Waals surface area contributed by atoms with Gasteiger partial charge in [0.15, 0.2) is 0 Å². The van der Waals surface area contributed by atoms with E-state index in [2.05, 4.69) is 10.6 Å². The quantitative estimate of drug-likeness (QED) is 0.483. The third kappa shape index (κ3) is 5.84. The number of rotatable bonds is 7. The highest BCUT2D eigenvalue weighted by Gasteiger charge is 2.70. The van der Waals surface area contributed by atoms with Gasteiger partial charge in [0.25, 0.3) is 0 Å². The van der Waals surface area contributed by atoms with Crippen molar-refractivity contribution in [3.63, 3.8) is 0 Å². The zero-order valence-corrected chi connectivity index (χ0v) is 22.9. The number of carbonyl (C=O) groups excluding carboxylic acids is 2. The summed E-state index contributed by atoms with van der Waals surface area (Å²) in [6.45, 7) is 15.5. The molecular formula is C23H42N4O6S. The minimum Gasteiger partial charge on any atom is -0.480 e. The lowest BCUT2D eigenvalue weighted by molar-refractivity contribution is -0.152. The van der Waals surface area contributed by atoms with Gasteiger partial charge in [-0.05, 0) is 22.2 Å². The number of likely N-dealkylation sites (N-methyl/N-ethyl adjacent to an activating group) is 1. The molecule has 196 valence electrons. The Labute approximate surface area is 203 Å². The summed E-state index contributed by atoms with van der Waals surface area (Å²) in [5.74, 6) is -1.41. The van der Waals surface area contributed by atoms with Crippen LogP contribution in [0, 0.1) is 28.1 Å². The van der Waals surface area contributed by atoms with Gasteiger partial charge >= 0.3 is 12.0 Å². The van der Waals surface area contributed by atoms with Crippen molar-refractivity contribution in [1.29, 1.82) is 0 Å². The fourth-order valence-corrected chi connectivity index (χ4v) is 5.29. The third-order valence-corrected chi connectivity index (χ3v) is 8.77. The Morgan fingerprint density at radius 2 is 1.62 bits per heavy atom. The molecule has 1 aliphatic carbocycles. The van der Waals surface area contributed by atoms with Gasteiger partial charge in [-0.25, -0.2) is 22.3 Å². The van der Waals surface area contributed by atoms with Gasteiger partial charge in [-0.2, -0.15) is 0 Å². The third-order valence-electron chi connectivity index (χ3n) is 7.49. The first kappa shape index (κ1) is 28.4. The number of piperidine rings is 1. The summed E-state index contributed by atoms with van der Waals surface area (Å²) in [6, 6.07) is -3.00. The maximum Gasteiger partial charge on any atom is 0.326 e. The van der Waals surface area contributed by atoms with E-state index in [1.54, 1.807) is 0 Å². The zero-order chi connectivity index (χ0) is 26.6. The number of likely N-dealkylation sites (tertiary alicyclic amines) is 1. The van der Waals surface area contributed by atoms with Crippen molar-refractivity contribution < 1.29 is 27.9 Å². The van der Waals surface area contributed by atoms with Gasteiger partial charge in [-0.15, -0.1) is 0 Å². The van der Waals surface area contributed by atoms with Crippen LogP contribution >= 0.6 is 0 Å². The Morgan fingerprint density at radius 3 is 2.03 bits per heavy atom. The molecule has 0 aromatic heterocycles. The maximum atomic E-state index is 13.5. The van der Waals surface area contributed by atoms with E-state index in [4.69, 9.17) is 0 Å². The standard InChI is InChI=1S/C23H42N4O6S/c1-21(2,3)14(12-26(9)34(10,32)33)24-20(31)25-17(22(4,5)6)18(28)27-11-13-15(23(13,7)8)16(27)19(29)30/h13-17H,11-12H2,1-10H3,(H,29,30)(H2,24,25,31)/t13?,14-,15?,16+,17-/m1/s1. The Bertz CT molecular complexity index is 934. The van der Waals surface area contributed by atoms with Crippen LogP contribution in [0.15, 0.2) is 0 Å². The summed E-state index contributed by atoms with van der Waals surface area (Å²) in [5.41, 5.74) is -1.26. The molecule has 1 saturated heterocycles. The number of nitrogens with zero attached hydrogens (tertiary/aromatic N) is 2. The van der Waals surface area contributed by atoms with Crippen molar-refractivity contribution in [2.75, 3.05) is 26.4 Å². The summed E-state index contributed by atoms with van der Waals surface area (Å²) in [4.78, 5) is 40.0. The number of hydrogen-bond donors (Lipinski definition) is 3. The van der Waals surface area contributed by atoms with Crippen LogP contribution in [0.5, 0.6) is 0 Å². The van der Waals surface area contributed by atoms with Gasteiger partial charge in [0.1, 0.15) is 12.1 Å².